The van der Waals surface area contributed by atoms with Crippen molar-refractivity contribution in [2.45, 2.75) is 70.4 Å². The van der Waals surface area contributed by atoms with Gasteiger partial charge in [-0.05, 0) is 56.6 Å². The van der Waals surface area contributed by atoms with E-state index < -0.39 is 0 Å². The highest BCUT2D eigenvalue weighted by atomic mass is 15.0. The summed E-state index contributed by atoms with van der Waals surface area (Å²) < 4.78 is 0. The van der Waals surface area contributed by atoms with Crippen LogP contribution in [0.15, 0.2) is 18.2 Å². The van der Waals surface area contributed by atoms with Gasteiger partial charge in [0, 0.05) is 12.1 Å². The van der Waals surface area contributed by atoms with Crippen LogP contribution in [0.4, 0.5) is 0 Å². The molecule has 1 aromatic rings. The van der Waals surface area contributed by atoms with E-state index in [1.165, 1.54) is 56.9 Å². The van der Waals surface area contributed by atoms with Gasteiger partial charge in [0.15, 0.2) is 0 Å². The molecule has 0 aliphatic heterocycles. The van der Waals surface area contributed by atoms with Gasteiger partial charge in [-0.1, -0.05) is 36.6 Å². The Balaban J connectivity index is 1.63. The number of aryl methyl sites for hydroxylation is 3. The Labute approximate surface area is 111 Å². The van der Waals surface area contributed by atoms with Gasteiger partial charge in [0.2, 0.25) is 0 Å². The minimum Gasteiger partial charge on any atom is -0.311 e. The van der Waals surface area contributed by atoms with Crippen LogP contribution >= 0.6 is 0 Å². The van der Waals surface area contributed by atoms with Crippen LogP contribution in [-0.2, 0) is 12.8 Å². The fraction of sp³-hybridized carbons (Fsp3) is 0.647. The summed E-state index contributed by atoms with van der Waals surface area (Å²) in [5, 5.41) is 3.91. The summed E-state index contributed by atoms with van der Waals surface area (Å²) in [4.78, 5) is 0. The van der Waals surface area contributed by atoms with Crippen molar-refractivity contribution in [1.82, 2.24) is 5.32 Å². The minimum atomic E-state index is 0.751. The monoisotopic (exact) mass is 243 g/mol. The molecule has 1 fully saturated rings. The molecule has 1 heteroatoms. The maximum absolute atomic E-state index is 3.91. The molecule has 18 heavy (non-hydrogen) atoms. The van der Waals surface area contributed by atoms with Crippen LogP contribution < -0.4 is 5.32 Å². The van der Waals surface area contributed by atoms with E-state index in [-0.39, 0.29) is 0 Å². The topological polar surface area (TPSA) is 12.0 Å². The second-order valence-corrected chi connectivity index (χ2v) is 6.19. The van der Waals surface area contributed by atoms with Gasteiger partial charge in [-0.2, -0.15) is 0 Å². The zero-order chi connectivity index (χ0) is 12.4. The largest absolute Gasteiger partial charge is 0.311 e. The summed E-state index contributed by atoms with van der Waals surface area (Å²) in [6.07, 6.45) is 10.9. The molecule has 1 N–H and O–H groups in total. The van der Waals surface area contributed by atoms with Crippen molar-refractivity contribution in [1.29, 1.82) is 0 Å². The van der Waals surface area contributed by atoms with Crippen molar-refractivity contribution >= 4 is 0 Å². The molecule has 1 nitrogen and oxygen atoms in total. The van der Waals surface area contributed by atoms with Crippen LogP contribution in [-0.4, -0.2) is 12.1 Å². The van der Waals surface area contributed by atoms with Crippen LogP contribution in [0.5, 0.6) is 0 Å². The number of hydrogen-bond acceptors (Lipinski definition) is 1. The lowest BCUT2D eigenvalue weighted by Crippen LogP contribution is -2.36. The van der Waals surface area contributed by atoms with Gasteiger partial charge in [0.25, 0.3) is 0 Å². The molecule has 2 aliphatic carbocycles. The molecule has 98 valence electrons. The Morgan fingerprint density at radius 3 is 2.33 bits per heavy atom. The van der Waals surface area contributed by atoms with E-state index in [2.05, 4.69) is 30.4 Å². The highest BCUT2D eigenvalue weighted by Gasteiger charge is 2.21. The lowest BCUT2D eigenvalue weighted by molar-refractivity contribution is 0.398. The second kappa shape index (κ2) is 5.44. The number of fused-ring (bicyclic) bond motifs is 1. The van der Waals surface area contributed by atoms with E-state index >= 15 is 0 Å². The fourth-order valence-corrected chi connectivity index (χ4v) is 3.63. The number of benzene rings is 1. The average molecular weight is 243 g/mol. The summed E-state index contributed by atoms with van der Waals surface area (Å²) in [5.74, 6) is 0. The molecule has 0 saturated heterocycles. The molecule has 1 atom stereocenters. The zero-order valence-electron chi connectivity index (χ0n) is 11.5. The van der Waals surface area contributed by atoms with Gasteiger partial charge in [-0.15, -0.1) is 0 Å². The number of nitrogens with one attached hydrogen (secondary N) is 1. The average Bonchev–Trinajstić information content (AvgIpc) is 2.79. The first-order valence-electron chi connectivity index (χ1n) is 7.66. The molecule has 3 rings (SSSR count). The normalized spacial score (nSPS) is 24.8. The lowest BCUT2D eigenvalue weighted by Gasteiger charge is -2.21. The van der Waals surface area contributed by atoms with E-state index in [0.29, 0.717) is 0 Å². The van der Waals surface area contributed by atoms with Crippen molar-refractivity contribution in [3.05, 3.63) is 34.9 Å². The molecular formula is C17H25N. The standard InChI is InChI=1S/C17H25N/c1-13-6-7-14-8-10-17(11-9-15(14)12-13)18-16-4-2-3-5-16/h6-7,12,16-18H,2-5,8-11H2,1H3. The SMILES string of the molecule is Cc1ccc2c(c1)CCC(NC1CCCC1)CC2. The number of hydrogen-bond donors (Lipinski definition) is 1. The van der Waals surface area contributed by atoms with E-state index in [1.807, 2.05) is 0 Å². The molecular weight excluding hydrogens is 218 g/mol. The molecule has 0 radical (unpaired) electrons. The van der Waals surface area contributed by atoms with Crippen LogP contribution in [0.1, 0.15) is 55.2 Å². The van der Waals surface area contributed by atoms with Crippen molar-refractivity contribution in [3.8, 4) is 0 Å². The maximum Gasteiger partial charge on any atom is 0.00759 e. The Morgan fingerprint density at radius 1 is 0.889 bits per heavy atom. The molecule has 1 saturated carbocycles. The van der Waals surface area contributed by atoms with Crippen molar-refractivity contribution in [2.24, 2.45) is 0 Å². The third kappa shape index (κ3) is 2.77. The van der Waals surface area contributed by atoms with Crippen molar-refractivity contribution in [3.63, 3.8) is 0 Å². The highest BCUT2D eigenvalue weighted by molar-refractivity contribution is 5.32. The summed E-state index contributed by atoms with van der Waals surface area (Å²) in [6, 6.07) is 8.58. The molecule has 2 aliphatic rings. The molecule has 0 bridgehead atoms. The van der Waals surface area contributed by atoms with E-state index in [4.69, 9.17) is 0 Å². The fourth-order valence-electron chi connectivity index (χ4n) is 3.63. The zero-order valence-corrected chi connectivity index (χ0v) is 11.5. The minimum absolute atomic E-state index is 0.751. The summed E-state index contributed by atoms with van der Waals surface area (Å²) in [7, 11) is 0. The van der Waals surface area contributed by atoms with Gasteiger partial charge >= 0.3 is 0 Å². The first-order chi connectivity index (χ1) is 8.81. The summed E-state index contributed by atoms with van der Waals surface area (Å²) in [6.45, 7) is 2.21. The van der Waals surface area contributed by atoms with Gasteiger partial charge in [0.05, 0.1) is 0 Å². The van der Waals surface area contributed by atoms with Crippen LogP contribution in [0.2, 0.25) is 0 Å². The molecule has 0 aromatic heterocycles. The van der Waals surface area contributed by atoms with E-state index in [1.54, 1.807) is 11.1 Å². The maximum atomic E-state index is 3.91. The Kier molecular flexibility index (Phi) is 3.69. The first-order valence-corrected chi connectivity index (χ1v) is 7.66. The van der Waals surface area contributed by atoms with Gasteiger partial charge in [-0.3, -0.25) is 0 Å². The molecule has 0 heterocycles. The third-order valence-corrected chi connectivity index (χ3v) is 4.71. The lowest BCUT2D eigenvalue weighted by atomic mass is 10.0. The van der Waals surface area contributed by atoms with Gasteiger partial charge < -0.3 is 5.32 Å². The quantitative estimate of drug-likeness (QED) is 0.780. The first kappa shape index (κ1) is 12.2. The third-order valence-electron chi connectivity index (χ3n) is 4.71. The number of rotatable bonds is 2. The molecule has 0 spiro atoms. The van der Waals surface area contributed by atoms with E-state index in [9.17, 15) is 0 Å². The van der Waals surface area contributed by atoms with Crippen molar-refractivity contribution < 1.29 is 0 Å². The Hall–Kier alpha value is -0.820. The van der Waals surface area contributed by atoms with Gasteiger partial charge in [-0.25, -0.2) is 0 Å². The van der Waals surface area contributed by atoms with Crippen LogP contribution in [0.3, 0.4) is 0 Å². The van der Waals surface area contributed by atoms with Crippen LogP contribution in [0.25, 0.3) is 0 Å². The summed E-state index contributed by atoms with van der Waals surface area (Å²) in [5.41, 5.74) is 4.61. The molecule has 1 unspecified atom stereocenters. The highest BCUT2D eigenvalue weighted by Crippen LogP contribution is 2.24. The Bertz CT molecular complexity index is 404. The van der Waals surface area contributed by atoms with Crippen molar-refractivity contribution in [2.75, 3.05) is 0 Å². The summed E-state index contributed by atoms with van der Waals surface area (Å²) >= 11 is 0. The predicted octanol–water partition coefficient (Wildman–Crippen LogP) is 3.77. The predicted molar refractivity (Wildman–Crippen MR) is 77.0 cm³/mol. The van der Waals surface area contributed by atoms with Gasteiger partial charge in [0.1, 0.15) is 0 Å². The second-order valence-electron chi connectivity index (χ2n) is 6.19. The smallest absolute Gasteiger partial charge is 0.00759 e. The molecule has 1 aromatic carbocycles. The van der Waals surface area contributed by atoms with Crippen LogP contribution in [0, 0.1) is 6.92 Å². The molecule has 0 amide bonds. The van der Waals surface area contributed by atoms with E-state index in [0.717, 1.165) is 12.1 Å². The Morgan fingerprint density at radius 2 is 1.56 bits per heavy atom.